The average molecular weight is 313 g/mol. The van der Waals surface area contributed by atoms with Crippen molar-refractivity contribution in [2.24, 2.45) is 11.8 Å². The molecule has 0 radical (unpaired) electrons. The average Bonchev–Trinajstić information content (AvgIpc) is 2.53. The Morgan fingerprint density at radius 1 is 1.29 bits per heavy atom. The quantitative estimate of drug-likeness (QED) is 0.863. The van der Waals surface area contributed by atoms with Crippen LogP contribution in [0.15, 0.2) is 12.1 Å². The summed E-state index contributed by atoms with van der Waals surface area (Å²) in [5, 5.41) is 11.2. The van der Waals surface area contributed by atoms with E-state index in [1.165, 1.54) is 19.3 Å². The van der Waals surface area contributed by atoms with Crippen molar-refractivity contribution in [2.45, 2.75) is 45.1 Å². The molecule has 3 unspecified atom stereocenters. The van der Waals surface area contributed by atoms with Gasteiger partial charge in [0.15, 0.2) is 11.5 Å². The zero-order valence-corrected chi connectivity index (χ0v) is 13.8. The van der Waals surface area contributed by atoms with Crippen LogP contribution in [0.1, 0.15) is 50.7 Å². The van der Waals surface area contributed by atoms with Crippen molar-refractivity contribution in [3.05, 3.63) is 22.7 Å². The Hall–Kier alpha value is -0.930. The Kier molecular flexibility index (Phi) is 5.77. The molecular formula is C17H25ClO3. The fraction of sp³-hybridized carbons (Fsp3) is 0.647. The van der Waals surface area contributed by atoms with Crippen molar-refractivity contribution in [2.75, 3.05) is 14.2 Å². The fourth-order valence-electron chi connectivity index (χ4n) is 3.38. The Balaban J connectivity index is 2.24. The van der Waals surface area contributed by atoms with Gasteiger partial charge in [-0.3, -0.25) is 0 Å². The number of ether oxygens (including phenoxy) is 2. The smallest absolute Gasteiger partial charge is 0.179 e. The van der Waals surface area contributed by atoms with Gasteiger partial charge in [0.25, 0.3) is 0 Å². The lowest BCUT2D eigenvalue weighted by atomic mass is 9.76. The maximum atomic E-state index is 10.7. The molecule has 0 heterocycles. The van der Waals surface area contributed by atoms with E-state index in [-0.39, 0.29) is 5.92 Å². The Morgan fingerprint density at radius 2 is 2.05 bits per heavy atom. The van der Waals surface area contributed by atoms with Gasteiger partial charge in [-0.05, 0) is 30.7 Å². The molecule has 1 aromatic rings. The number of hydrogen-bond donors (Lipinski definition) is 1. The molecule has 3 atom stereocenters. The minimum absolute atomic E-state index is 0.277. The van der Waals surface area contributed by atoms with Crippen LogP contribution < -0.4 is 9.47 Å². The van der Waals surface area contributed by atoms with Crippen molar-refractivity contribution in [3.63, 3.8) is 0 Å². The summed E-state index contributed by atoms with van der Waals surface area (Å²) in [6, 6.07) is 3.66. The first-order valence-corrected chi connectivity index (χ1v) is 8.08. The van der Waals surface area contributed by atoms with Crippen molar-refractivity contribution < 1.29 is 14.6 Å². The highest BCUT2D eigenvalue weighted by atomic mass is 35.5. The minimum atomic E-state index is -0.536. The first-order valence-electron chi connectivity index (χ1n) is 7.70. The van der Waals surface area contributed by atoms with Crippen LogP contribution in [0.25, 0.3) is 0 Å². The molecule has 0 aromatic heterocycles. The van der Waals surface area contributed by atoms with Crippen LogP contribution in [-0.2, 0) is 0 Å². The summed E-state index contributed by atoms with van der Waals surface area (Å²) in [7, 11) is 3.14. The van der Waals surface area contributed by atoms with Crippen LogP contribution in [0.4, 0.5) is 0 Å². The maximum Gasteiger partial charge on any atom is 0.179 e. The first-order chi connectivity index (χ1) is 10.1. The van der Waals surface area contributed by atoms with Crippen LogP contribution in [0.5, 0.6) is 11.5 Å². The standard InChI is InChI=1S/C17H25ClO3/c1-4-11-6-5-7-12(10-11)16(19)13-8-9-14(20-2)17(21-3)15(13)18/h8-9,11-12,16,19H,4-7,10H2,1-3H3. The van der Waals surface area contributed by atoms with Crippen LogP contribution in [0.3, 0.4) is 0 Å². The van der Waals surface area contributed by atoms with E-state index in [9.17, 15) is 5.11 Å². The SMILES string of the molecule is CCC1CCCC(C(O)c2ccc(OC)c(OC)c2Cl)C1. The number of aliphatic hydroxyl groups excluding tert-OH is 1. The van der Waals surface area contributed by atoms with Gasteiger partial charge in [-0.1, -0.05) is 43.9 Å². The number of benzene rings is 1. The molecule has 1 aromatic carbocycles. The van der Waals surface area contributed by atoms with Gasteiger partial charge in [0.2, 0.25) is 0 Å². The predicted molar refractivity (Wildman–Crippen MR) is 85.3 cm³/mol. The summed E-state index contributed by atoms with van der Waals surface area (Å²) in [5.41, 5.74) is 0.746. The molecule has 1 fully saturated rings. The van der Waals surface area contributed by atoms with Crippen molar-refractivity contribution >= 4 is 11.6 Å². The molecule has 0 spiro atoms. The lowest BCUT2D eigenvalue weighted by Crippen LogP contribution is -2.21. The van der Waals surface area contributed by atoms with Gasteiger partial charge < -0.3 is 14.6 Å². The van der Waals surface area contributed by atoms with Crippen LogP contribution in [-0.4, -0.2) is 19.3 Å². The molecule has 0 aliphatic heterocycles. The predicted octanol–water partition coefficient (Wildman–Crippen LogP) is 4.61. The van der Waals surface area contributed by atoms with Gasteiger partial charge in [-0.25, -0.2) is 0 Å². The molecule has 1 saturated carbocycles. The van der Waals surface area contributed by atoms with E-state index in [0.29, 0.717) is 16.5 Å². The van der Waals surface area contributed by atoms with Crippen molar-refractivity contribution in [1.82, 2.24) is 0 Å². The van der Waals surface area contributed by atoms with Gasteiger partial charge >= 0.3 is 0 Å². The molecule has 0 saturated heterocycles. The summed E-state index contributed by atoms with van der Waals surface area (Å²) in [5.74, 6) is 2.09. The number of rotatable bonds is 5. The zero-order valence-electron chi connectivity index (χ0n) is 13.1. The van der Waals surface area contributed by atoms with E-state index in [0.717, 1.165) is 24.3 Å². The van der Waals surface area contributed by atoms with Gasteiger partial charge in [-0.15, -0.1) is 0 Å². The highest BCUT2D eigenvalue weighted by Gasteiger charge is 2.30. The van der Waals surface area contributed by atoms with Crippen LogP contribution in [0, 0.1) is 11.8 Å². The van der Waals surface area contributed by atoms with Crippen LogP contribution >= 0.6 is 11.6 Å². The van der Waals surface area contributed by atoms with Gasteiger partial charge in [0, 0.05) is 5.56 Å². The second-order valence-electron chi connectivity index (χ2n) is 5.85. The van der Waals surface area contributed by atoms with E-state index in [2.05, 4.69) is 6.92 Å². The summed E-state index contributed by atoms with van der Waals surface area (Å²) in [4.78, 5) is 0. The largest absolute Gasteiger partial charge is 0.493 e. The molecule has 3 nitrogen and oxygen atoms in total. The molecule has 0 amide bonds. The van der Waals surface area contributed by atoms with Crippen molar-refractivity contribution in [1.29, 1.82) is 0 Å². The van der Waals surface area contributed by atoms with E-state index >= 15 is 0 Å². The molecule has 4 heteroatoms. The van der Waals surface area contributed by atoms with Crippen LogP contribution in [0.2, 0.25) is 5.02 Å². The van der Waals surface area contributed by atoms with E-state index in [1.54, 1.807) is 14.2 Å². The number of hydrogen-bond acceptors (Lipinski definition) is 3. The Morgan fingerprint density at radius 3 is 2.67 bits per heavy atom. The van der Waals surface area contributed by atoms with Gasteiger partial charge in [0.1, 0.15) is 0 Å². The zero-order chi connectivity index (χ0) is 15.4. The Labute approximate surface area is 132 Å². The van der Waals surface area contributed by atoms with E-state index < -0.39 is 6.10 Å². The molecule has 1 aliphatic carbocycles. The number of aliphatic hydroxyl groups is 1. The lowest BCUT2D eigenvalue weighted by Gasteiger charge is -2.32. The molecule has 1 aliphatic rings. The Bertz CT molecular complexity index is 475. The van der Waals surface area contributed by atoms with Gasteiger partial charge in [-0.2, -0.15) is 0 Å². The molecule has 0 bridgehead atoms. The number of methoxy groups -OCH3 is 2. The summed E-state index contributed by atoms with van der Waals surface area (Å²) < 4.78 is 10.6. The molecule has 21 heavy (non-hydrogen) atoms. The molecular weight excluding hydrogens is 288 g/mol. The van der Waals surface area contributed by atoms with Gasteiger partial charge in [0.05, 0.1) is 25.3 Å². The molecule has 1 N–H and O–H groups in total. The first kappa shape index (κ1) is 16.4. The van der Waals surface area contributed by atoms with E-state index in [1.807, 2.05) is 12.1 Å². The third-order valence-electron chi connectivity index (χ3n) is 4.68. The minimum Gasteiger partial charge on any atom is -0.493 e. The maximum absolute atomic E-state index is 10.7. The summed E-state index contributed by atoms with van der Waals surface area (Å²) >= 11 is 6.41. The van der Waals surface area contributed by atoms with E-state index in [4.69, 9.17) is 21.1 Å². The second-order valence-corrected chi connectivity index (χ2v) is 6.23. The highest BCUT2D eigenvalue weighted by molar-refractivity contribution is 6.33. The fourth-order valence-corrected chi connectivity index (χ4v) is 3.72. The normalized spacial score (nSPS) is 23.7. The second kappa shape index (κ2) is 7.37. The molecule has 2 rings (SSSR count). The number of halogens is 1. The van der Waals surface area contributed by atoms with Crippen molar-refractivity contribution in [3.8, 4) is 11.5 Å². The molecule has 118 valence electrons. The summed E-state index contributed by atoms with van der Waals surface area (Å²) in [6.45, 7) is 2.23. The highest BCUT2D eigenvalue weighted by Crippen LogP contribution is 2.44. The summed E-state index contributed by atoms with van der Waals surface area (Å²) in [6.07, 6.45) is 5.24. The monoisotopic (exact) mass is 312 g/mol. The lowest BCUT2D eigenvalue weighted by molar-refractivity contribution is 0.0676. The third kappa shape index (κ3) is 3.46. The topological polar surface area (TPSA) is 38.7 Å². The third-order valence-corrected chi connectivity index (χ3v) is 5.07.